The zero-order valence-electron chi connectivity index (χ0n) is 13.2. The highest BCUT2D eigenvalue weighted by molar-refractivity contribution is 5.24. The second-order valence-electron chi connectivity index (χ2n) is 6.27. The van der Waals surface area contributed by atoms with Gasteiger partial charge in [0.15, 0.2) is 0 Å². The van der Waals surface area contributed by atoms with Gasteiger partial charge in [0.25, 0.3) is 0 Å². The van der Waals surface area contributed by atoms with Crippen LogP contribution in [0, 0.1) is 6.92 Å². The first-order valence-electron chi connectivity index (χ1n) is 8.14. The molecule has 2 nitrogen and oxygen atoms in total. The highest BCUT2D eigenvalue weighted by atomic mass is 16.3. The summed E-state index contributed by atoms with van der Waals surface area (Å²) in [5.41, 5.74) is 2.29. The Morgan fingerprint density at radius 3 is 2.60 bits per heavy atom. The van der Waals surface area contributed by atoms with E-state index in [2.05, 4.69) is 49.9 Å². The third kappa shape index (κ3) is 3.62. The van der Waals surface area contributed by atoms with E-state index in [0.717, 1.165) is 12.1 Å². The van der Waals surface area contributed by atoms with Crippen LogP contribution in [-0.4, -0.2) is 28.6 Å². The molecule has 0 radical (unpaired) electrons. The second kappa shape index (κ2) is 7.24. The lowest BCUT2D eigenvalue weighted by Crippen LogP contribution is -2.47. The van der Waals surface area contributed by atoms with E-state index in [1.807, 2.05) is 0 Å². The molecule has 0 aliphatic carbocycles. The molecule has 1 saturated heterocycles. The SMILES string of the molecule is CCCC1CCCCN1C(C)C(O)c1ccc(C)cc1. The van der Waals surface area contributed by atoms with Crippen LogP contribution in [0.3, 0.4) is 0 Å². The summed E-state index contributed by atoms with van der Waals surface area (Å²) in [6, 6.07) is 9.17. The summed E-state index contributed by atoms with van der Waals surface area (Å²) in [5, 5.41) is 10.7. The first kappa shape index (κ1) is 15.5. The Hall–Kier alpha value is -0.860. The van der Waals surface area contributed by atoms with Crippen LogP contribution in [0.1, 0.15) is 63.2 Å². The highest BCUT2D eigenvalue weighted by Gasteiger charge is 2.30. The van der Waals surface area contributed by atoms with Crippen molar-refractivity contribution in [1.82, 2.24) is 4.90 Å². The molecule has 112 valence electrons. The van der Waals surface area contributed by atoms with Crippen molar-refractivity contribution in [2.24, 2.45) is 0 Å². The largest absolute Gasteiger partial charge is 0.387 e. The first-order chi connectivity index (χ1) is 9.63. The van der Waals surface area contributed by atoms with Crippen molar-refractivity contribution in [3.63, 3.8) is 0 Å². The Morgan fingerprint density at radius 2 is 1.95 bits per heavy atom. The maximum absolute atomic E-state index is 10.7. The van der Waals surface area contributed by atoms with E-state index in [0.29, 0.717) is 6.04 Å². The molecule has 3 atom stereocenters. The number of piperidine rings is 1. The number of hydrogen-bond donors (Lipinski definition) is 1. The van der Waals surface area contributed by atoms with E-state index >= 15 is 0 Å². The predicted octanol–water partition coefficient (Wildman–Crippen LogP) is 4.07. The van der Waals surface area contributed by atoms with E-state index in [9.17, 15) is 5.11 Å². The van der Waals surface area contributed by atoms with Crippen LogP contribution in [0.15, 0.2) is 24.3 Å². The number of benzene rings is 1. The standard InChI is InChI=1S/C18H29NO/c1-4-7-17-8-5-6-13-19(17)15(3)18(20)16-11-9-14(2)10-12-16/h9-12,15,17-18,20H,4-8,13H2,1-3H3. The number of nitrogens with zero attached hydrogens (tertiary/aromatic N) is 1. The van der Waals surface area contributed by atoms with Gasteiger partial charge in [-0.1, -0.05) is 49.6 Å². The van der Waals surface area contributed by atoms with Crippen molar-refractivity contribution < 1.29 is 5.11 Å². The van der Waals surface area contributed by atoms with Gasteiger partial charge in [-0.05, 0) is 45.2 Å². The zero-order chi connectivity index (χ0) is 14.5. The smallest absolute Gasteiger partial charge is 0.0942 e. The van der Waals surface area contributed by atoms with Gasteiger partial charge in [0.1, 0.15) is 0 Å². The molecule has 1 fully saturated rings. The highest BCUT2D eigenvalue weighted by Crippen LogP contribution is 2.29. The van der Waals surface area contributed by atoms with Crippen molar-refractivity contribution in [2.45, 2.75) is 71.1 Å². The van der Waals surface area contributed by atoms with E-state index < -0.39 is 0 Å². The van der Waals surface area contributed by atoms with Gasteiger partial charge in [0.2, 0.25) is 0 Å². The van der Waals surface area contributed by atoms with Crippen molar-refractivity contribution in [1.29, 1.82) is 0 Å². The van der Waals surface area contributed by atoms with Gasteiger partial charge >= 0.3 is 0 Å². The molecule has 2 rings (SSSR count). The molecule has 0 saturated carbocycles. The van der Waals surface area contributed by atoms with Crippen LogP contribution in [-0.2, 0) is 0 Å². The second-order valence-corrected chi connectivity index (χ2v) is 6.27. The Kier molecular flexibility index (Phi) is 5.62. The Labute approximate surface area is 123 Å². The summed E-state index contributed by atoms with van der Waals surface area (Å²) in [6.07, 6.45) is 6.01. The number of rotatable bonds is 5. The summed E-state index contributed by atoms with van der Waals surface area (Å²) >= 11 is 0. The summed E-state index contributed by atoms with van der Waals surface area (Å²) in [6.45, 7) is 7.66. The Balaban J connectivity index is 2.07. The molecule has 1 aliphatic rings. The van der Waals surface area contributed by atoms with E-state index in [1.54, 1.807) is 0 Å². The van der Waals surface area contributed by atoms with Crippen LogP contribution < -0.4 is 0 Å². The minimum Gasteiger partial charge on any atom is -0.387 e. The molecule has 0 amide bonds. The average Bonchev–Trinajstić information content (AvgIpc) is 2.47. The van der Waals surface area contributed by atoms with Crippen LogP contribution in [0.5, 0.6) is 0 Å². The Morgan fingerprint density at radius 1 is 1.25 bits per heavy atom. The first-order valence-corrected chi connectivity index (χ1v) is 8.14. The number of hydrogen-bond acceptors (Lipinski definition) is 2. The maximum Gasteiger partial charge on any atom is 0.0942 e. The summed E-state index contributed by atoms with van der Waals surface area (Å²) in [4.78, 5) is 2.54. The number of aryl methyl sites for hydroxylation is 1. The number of aliphatic hydroxyl groups excluding tert-OH is 1. The van der Waals surface area contributed by atoms with E-state index in [-0.39, 0.29) is 12.1 Å². The molecular weight excluding hydrogens is 246 g/mol. The van der Waals surface area contributed by atoms with Crippen molar-refractivity contribution in [2.75, 3.05) is 6.54 Å². The molecule has 1 heterocycles. The van der Waals surface area contributed by atoms with E-state index in [1.165, 1.54) is 37.7 Å². The third-order valence-corrected chi connectivity index (χ3v) is 4.69. The fourth-order valence-electron chi connectivity index (χ4n) is 3.43. The lowest BCUT2D eigenvalue weighted by atomic mass is 9.93. The molecule has 0 bridgehead atoms. The molecular formula is C18H29NO. The van der Waals surface area contributed by atoms with Gasteiger partial charge in [0, 0.05) is 12.1 Å². The van der Waals surface area contributed by atoms with Crippen molar-refractivity contribution in [3.05, 3.63) is 35.4 Å². The third-order valence-electron chi connectivity index (χ3n) is 4.69. The lowest BCUT2D eigenvalue weighted by molar-refractivity contribution is 0.0126. The molecule has 1 N–H and O–H groups in total. The van der Waals surface area contributed by atoms with Crippen molar-refractivity contribution >= 4 is 0 Å². The van der Waals surface area contributed by atoms with Crippen LogP contribution in [0.4, 0.5) is 0 Å². The van der Waals surface area contributed by atoms with Gasteiger partial charge in [-0.2, -0.15) is 0 Å². The van der Waals surface area contributed by atoms with Crippen LogP contribution in [0.2, 0.25) is 0 Å². The topological polar surface area (TPSA) is 23.5 Å². The normalized spacial score (nSPS) is 23.5. The molecule has 0 spiro atoms. The van der Waals surface area contributed by atoms with Gasteiger partial charge < -0.3 is 5.11 Å². The fraction of sp³-hybridized carbons (Fsp3) is 0.667. The summed E-state index contributed by atoms with van der Waals surface area (Å²) in [7, 11) is 0. The molecule has 1 aliphatic heterocycles. The minimum absolute atomic E-state index is 0.203. The fourth-order valence-corrected chi connectivity index (χ4v) is 3.43. The van der Waals surface area contributed by atoms with Crippen molar-refractivity contribution in [3.8, 4) is 0 Å². The van der Waals surface area contributed by atoms with Gasteiger partial charge in [-0.15, -0.1) is 0 Å². The zero-order valence-corrected chi connectivity index (χ0v) is 13.2. The summed E-state index contributed by atoms with van der Waals surface area (Å²) in [5.74, 6) is 0. The summed E-state index contributed by atoms with van der Waals surface area (Å²) < 4.78 is 0. The predicted molar refractivity (Wildman–Crippen MR) is 84.9 cm³/mol. The monoisotopic (exact) mass is 275 g/mol. The van der Waals surface area contributed by atoms with Gasteiger partial charge in [0.05, 0.1) is 6.10 Å². The minimum atomic E-state index is -0.381. The van der Waals surface area contributed by atoms with Crippen LogP contribution >= 0.6 is 0 Å². The molecule has 1 aromatic carbocycles. The molecule has 1 aromatic rings. The average molecular weight is 275 g/mol. The van der Waals surface area contributed by atoms with E-state index in [4.69, 9.17) is 0 Å². The van der Waals surface area contributed by atoms with Gasteiger partial charge in [-0.25, -0.2) is 0 Å². The Bertz CT molecular complexity index is 398. The number of likely N-dealkylation sites (tertiary alicyclic amines) is 1. The molecule has 20 heavy (non-hydrogen) atoms. The number of aliphatic hydroxyl groups is 1. The van der Waals surface area contributed by atoms with Crippen LogP contribution in [0.25, 0.3) is 0 Å². The molecule has 0 aromatic heterocycles. The lowest BCUT2D eigenvalue weighted by Gasteiger charge is -2.41. The molecule has 3 unspecified atom stereocenters. The molecule has 2 heteroatoms. The maximum atomic E-state index is 10.7. The van der Waals surface area contributed by atoms with Gasteiger partial charge in [-0.3, -0.25) is 4.90 Å². The quantitative estimate of drug-likeness (QED) is 0.875.